The third-order valence-electron chi connectivity index (χ3n) is 7.86. The summed E-state index contributed by atoms with van der Waals surface area (Å²) in [5, 5.41) is 15.8. The number of anilines is 1. The quantitative estimate of drug-likeness (QED) is 0.277. The first-order chi connectivity index (χ1) is 18.7. The van der Waals surface area contributed by atoms with Crippen LogP contribution in [0.1, 0.15) is 94.5 Å². The number of carboxylic acids is 1. The number of carbonyl (C=O) groups is 2. The molecule has 0 radical (unpaired) electrons. The van der Waals surface area contributed by atoms with Crippen molar-refractivity contribution < 1.29 is 19.1 Å². The molecule has 39 heavy (non-hydrogen) atoms. The molecule has 1 saturated carbocycles. The maximum absolute atomic E-state index is 15.3. The number of nitrogens with one attached hydrogen (secondary N) is 2. The summed E-state index contributed by atoms with van der Waals surface area (Å²) in [7, 11) is 0. The molecule has 0 bridgehead atoms. The Morgan fingerprint density at radius 2 is 1.82 bits per heavy atom. The van der Waals surface area contributed by atoms with Crippen molar-refractivity contribution in [3.05, 3.63) is 62.1 Å². The molecule has 1 heterocycles. The van der Waals surface area contributed by atoms with Crippen molar-refractivity contribution in [1.29, 1.82) is 0 Å². The SMILES string of the molecule is CCC(CC)n1cc(C(=O)NC(CC(=O)O)C2=CCCC=C2Br)c(=O)c2cc(F)c(NC3CCCCC3)cc21. The van der Waals surface area contributed by atoms with Crippen LogP contribution in [0.15, 0.2) is 45.3 Å². The Hall–Kier alpha value is -2.94. The van der Waals surface area contributed by atoms with E-state index in [0.717, 1.165) is 55.8 Å². The summed E-state index contributed by atoms with van der Waals surface area (Å²) < 4.78 is 18.0. The number of carboxylic acid groups (broad SMARTS) is 1. The lowest BCUT2D eigenvalue weighted by Crippen LogP contribution is -2.40. The van der Waals surface area contributed by atoms with Crippen LogP contribution in [0.3, 0.4) is 0 Å². The summed E-state index contributed by atoms with van der Waals surface area (Å²) in [5.41, 5.74) is 0.909. The lowest BCUT2D eigenvalue weighted by atomic mass is 9.95. The van der Waals surface area contributed by atoms with Crippen LogP contribution in [0.2, 0.25) is 0 Å². The average Bonchev–Trinajstić information content (AvgIpc) is 2.91. The molecule has 0 aliphatic heterocycles. The van der Waals surface area contributed by atoms with E-state index in [2.05, 4.69) is 26.6 Å². The molecule has 1 aromatic carbocycles. The summed E-state index contributed by atoms with van der Waals surface area (Å²) in [6.45, 7) is 4.07. The predicted molar refractivity (Wildman–Crippen MR) is 156 cm³/mol. The van der Waals surface area contributed by atoms with E-state index >= 15 is 4.39 Å². The maximum Gasteiger partial charge on any atom is 0.305 e. The van der Waals surface area contributed by atoms with Crippen molar-refractivity contribution in [2.24, 2.45) is 0 Å². The fourth-order valence-corrected chi connectivity index (χ4v) is 6.38. The van der Waals surface area contributed by atoms with Gasteiger partial charge in [0.1, 0.15) is 11.4 Å². The van der Waals surface area contributed by atoms with Gasteiger partial charge in [-0.2, -0.15) is 0 Å². The molecule has 1 amide bonds. The van der Waals surface area contributed by atoms with Crippen molar-refractivity contribution in [3.63, 3.8) is 0 Å². The Morgan fingerprint density at radius 1 is 1.13 bits per heavy atom. The molecule has 1 unspecified atom stereocenters. The number of fused-ring (bicyclic) bond motifs is 1. The minimum atomic E-state index is -1.07. The Balaban J connectivity index is 1.77. The zero-order valence-corrected chi connectivity index (χ0v) is 24.2. The topological polar surface area (TPSA) is 100 Å². The van der Waals surface area contributed by atoms with E-state index in [1.807, 2.05) is 30.6 Å². The fourth-order valence-electron chi connectivity index (χ4n) is 5.72. The third kappa shape index (κ3) is 6.62. The summed E-state index contributed by atoms with van der Waals surface area (Å²) in [6, 6.07) is 2.29. The van der Waals surface area contributed by atoms with E-state index in [-0.39, 0.29) is 29.5 Å². The molecule has 9 heteroatoms. The second kappa shape index (κ2) is 12.9. The van der Waals surface area contributed by atoms with Gasteiger partial charge in [0, 0.05) is 28.1 Å². The van der Waals surface area contributed by atoms with Gasteiger partial charge in [0.2, 0.25) is 5.43 Å². The zero-order valence-electron chi connectivity index (χ0n) is 22.6. The summed E-state index contributed by atoms with van der Waals surface area (Å²) in [6.07, 6.45) is 13.5. The monoisotopic (exact) mass is 601 g/mol. The number of nitrogens with zero attached hydrogens (tertiary/aromatic N) is 1. The van der Waals surface area contributed by atoms with Crippen molar-refractivity contribution in [3.8, 4) is 0 Å². The van der Waals surface area contributed by atoms with Crippen LogP contribution in [0.4, 0.5) is 10.1 Å². The molecule has 2 aliphatic rings. The molecule has 1 atom stereocenters. The molecule has 1 aromatic heterocycles. The highest BCUT2D eigenvalue weighted by Crippen LogP contribution is 2.30. The smallest absolute Gasteiger partial charge is 0.305 e. The number of hydrogen-bond donors (Lipinski definition) is 3. The van der Waals surface area contributed by atoms with Crippen LogP contribution in [-0.2, 0) is 4.79 Å². The first-order valence-corrected chi connectivity index (χ1v) is 14.8. The number of aliphatic carboxylic acids is 1. The second-order valence-corrected chi connectivity index (χ2v) is 11.3. The van der Waals surface area contributed by atoms with Crippen molar-refractivity contribution in [2.45, 2.75) is 96.2 Å². The molecule has 1 fully saturated rings. The molecule has 2 aliphatic carbocycles. The van der Waals surface area contributed by atoms with E-state index in [4.69, 9.17) is 0 Å². The Morgan fingerprint density at radius 3 is 2.46 bits per heavy atom. The number of allylic oxidation sites excluding steroid dienone is 2. The highest BCUT2D eigenvalue weighted by Gasteiger charge is 2.27. The standard InChI is InChI=1S/C30H37BrFN3O4/c1-3-19(4-2)35-17-22(30(39)34-25(16-28(36)37)20-12-8-9-13-23(20)31)29(38)21-14-24(32)26(15-27(21)35)33-18-10-6-5-7-11-18/h12-15,17-19,25,33H,3-11,16H2,1-2H3,(H,34,39)(H,36,37). The molecule has 2 aromatic rings. The van der Waals surface area contributed by atoms with Gasteiger partial charge in [-0.3, -0.25) is 14.4 Å². The zero-order chi connectivity index (χ0) is 28.1. The van der Waals surface area contributed by atoms with Crippen LogP contribution >= 0.6 is 15.9 Å². The second-order valence-electron chi connectivity index (χ2n) is 10.5. The number of hydrogen-bond acceptors (Lipinski definition) is 4. The van der Waals surface area contributed by atoms with E-state index in [1.54, 1.807) is 12.3 Å². The Kier molecular flexibility index (Phi) is 9.64. The number of halogens is 2. The lowest BCUT2D eigenvalue weighted by Gasteiger charge is -2.26. The van der Waals surface area contributed by atoms with Crippen LogP contribution in [0.5, 0.6) is 0 Å². The largest absolute Gasteiger partial charge is 0.481 e. The number of benzene rings is 1. The number of pyridine rings is 1. The lowest BCUT2D eigenvalue weighted by molar-refractivity contribution is -0.137. The molecular formula is C30H37BrFN3O4. The van der Waals surface area contributed by atoms with Gasteiger partial charge in [-0.15, -0.1) is 0 Å². The van der Waals surface area contributed by atoms with Gasteiger partial charge in [0.15, 0.2) is 0 Å². The highest BCUT2D eigenvalue weighted by molar-refractivity contribution is 9.12. The highest BCUT2D eigenvalue weighted by atomic mass is 79.9. The summed E-state index contributed by atoms with van der Waals surface area (Å²) >= 11 is 3.47. The number of amides is 1. The van der Waals surface area contributed by atoms with E-state index < -0.39 is 29.2 Å². The molecule has 210 valence electrons. The predicted octanol–water partition coefficient (Wildman–Crippen LogP) is 6.82. The minimum Gasteiger partial charge on any atom is -0.481 e. The maximum atomic E-state index is 15.3. The van der Waals surface area contributed by atoms with Crippen LogP contribution < -0.4 is 16.1 Å². The fraction of sp³-hybridized carbons (Fsp3) is 0.500. The first-order valence-electron chi connectivity index (χ1n) is 14.0. The van der Waals surface area contributed by atoms with Gasteiger partial charge in [-0.05, 0) is 56.2 Å². The van der Waals surface area contributed by atoms with Crippen LogP contribution in [0, 0.1) is 5.82 Å². The summed E-state index contributed by atoms with van der Waals surface area (Å²) in [4.78, 5) is 38.8. The van der Waals surface area contributed by atoms with Gasteiger partial charge in [-0.25, -0.2) is 4.39 Å². The third-order valence-corrected chi connectivity index (χ3v) is 8.64. The number of aromatic nitrogens is 1. The molecule has 4 rings (SSSR count). The molecular weight excluding hydrogens is 565 g/mol. The van der Waals surface area contributed by atoms with Gasteiger partial charge >= 0.3 is 5.97 Å². The first kappa shape index (κ1) is 29.1. The number of rotatable bonds is 10. The normalized spacial score (nSPS) is 17.1. The van der Waals surface area contributed by atoms with Crippen molar-refractivity contribution in [2.75, 3.05) is 5.32 Å². The average molecular weight is 603 g/mol. The van der Waals surface area contributed by atoms with Gasteiger partial charge < -0.3 is 20.3 Å². The molecule has 7 nitrogen and oxygen atoms in total. The van der Waals surface area contributed by atoms with Gasteiger partial charge in [-0.1, -0.05) is 61.2 Å². The van der Waals surface area contributed by atoms with E-state index in [1.165, 1.54) is 12.5 Å². The van der Waals surface area contributed by atoms with Crippen molar-refractivity contribution in [1.82, 2.24) is 9.88 Å². The summed E-state index contributed by atoms with van der Waals surface area (Å²) in [5.74, 6) is -2.27. The Bertz CT molecular complexity index is 1360. The van der Waals surface area contributed by atoms with E-state index in [0.29, 0.717) is 16.8 Å². The Labute approximate surface area is 236 Å². The molecule has 0 saturated heterocycles. The van der Waals surface area contributed by atoms with Crippen molar-refractivity contribution >= 4 is 44.4 Å². The molecule has 3 N–H and O–H groups in total. The van der Waals surface area contributed by atoms with E-state index in [9.17, 15) is 19.5 Å². The minimum absolute atomic E-state index is 0.0133. The van der Waals surface area contributed by atoms with Crippen LogP contribution in [0.25, 0.3) is 10.9 Å². The number of carbonyl (C=O) groups excluding carboxylic acids is 1. The van der Waals surface area contributed by atoms with Gasteiger partial charge in [0.25, 0.3) is 5.91 Å². The van der Waals surface area contributed by atoms with Gasteiger partial charge in [0.05, 0.1) is 23.7 Å². The van der Waals surface area contributed by atoms with Crippen LogP contribution in [-0.4, -0.2) is 33.6 Å². The molecule has 0 spiro atoms.